The van der Waals surface area contributed by atoms with Gasteiger partial charge in [-0.3, -0.25) is 13.6 Å². The van der Waals surface area contributed by atoms with E-state index in [0.717, 1.165) is 0 Å². The molecule has 6 nitrogen and oxygen atoms in total. The Morgan fingerprint density at radius 2 is 2.00 bits per heavy atom. The van der Waals surface area contributed by atoms with Gasteiger partial charge in [0.1, 0.15) is 0 Å². The van der Waals surface area contributed by atoms with Crippen LogP contribution in [0.4, 0.5) is 0 Å². The molecule has 1 rings (SSSR count). The Balaban J connectivity index is 2.57. The summed E-state index contributed by atoms with van der Waals surface area (Å²) in [5.74, 6) is -0.519. The monoisotopic (exact) mass is 238 g/mol. The van der Waals surface area contributed by atoms with E-state index in [1.54, 1.807) is 13.8 Å². The van der Waals surface area contributed by atoms with Crippen molar-refractivity contribution < 1.29 is 27.7 Å². The predicted molar refractivity (Wildman–Crippen MR) is 51.3 cm³/mol. The molecule has 0 radical (unpaired) electrons. The molecule has 1 fully saturated rings. The standard InChI is InChI=1S/C8H15O6P/c1-3-12-15(10,13-4-2)14-7-5-6-11-8(7)9/h7H,3-6H2,1-2H3. The average Bonchev–Trinajstić information content (AvgIpc) is 2.52. The van der Waals surface area contributed by atoms with E-state index >= 15 is 0 Å². The molecule has 15 heavy (non-hydrogen) atoms. The Hall–Kier alpha value is -0.420. The van der Waals surface area contributed by atoms with E-state index in [0.29, 0.717) is 6.42 Å². The number of phosphoric ester groups is 1. The van der Waals surface area contributed by atoms with Gasteiger partial charge in [-0.1, -0.05) is 0 Å². The van der Waals surface area contributed by atoms with Crippen LogP contribution in [0, 0.1) is 0 Å². The molecule has 0 amide bonds. The SMILES string of the molecule is CCOP(=O)(OCC)OC1CCOC1=O. The molecule has 1 aliphatic rings. The minimum Gasteiger partial charge on any atom is -0.464 e. The van der Waals surface area contributed by atoms with Gasteiger partial charge in [-0.05, 0) is 13.8 Å². The molecule has 1 heterocycles. The summed E-state index contributed by atoms with van der Waals surface area (Å²) in [6.07, 6.45) is -0.461. The lowest BCUT2D eigenvalue weighted by atomic mass is 10.3. The first kappa shape index (κ1) is 12.6. The third kappa shape index (κ3) is 3.57. The smallest absolute Gasteiger partial charge is 0.464 e. The molecular formula is C8H15O6P. The maximum absolute atomic E-state index is 11.8. The number of carbonyl (C=O) groups excluding carboxylic acids is 1. The number of ether oxygens (including phenoxy) is 1. The molecule has 0 aromatic heterocycles. The second-order valence-electron chi connectivity index (χ2n) is 2.83. The van der Waals surface area contributed by atoms with Gasteiger partial charge in [0.2, 0.25) is 0 Å². The van der Waals surface area contributed by atoms with Crippen molar-refractivity contribution in [2.75, 3.05) is 19.8 Å². The molecule has 0 bridgehead atoms. The summed E-state index contributed by atoms with van der Waals surface area (Å²) >= 11 is 0. The van der Waals surface area contributed by atoms with Gasteiger partial charge in [-0.15, -0.1) is 0 Å². The summed E-state index contributed by atoms with van der Waals surface area (Å²) in [7, 11) is -3.61. The van der Waals surface area contributed by atoms with Crippen molar-refractivity contribution in [3.05, 3.63) is 0 Å². The molecule has 88 valence electrons. The van der Waals surface area contributed by atoms with Gasteiger partial charge in [0.15, 0.2) is 6.10 Å². The summed E-state index contributed by atoms with van der Waals surface area (Å²) in [4.78, 5) is 11.1. The van der Waals surface area contributed by atoms with Crippen molar-refractivity contribution in [2.45, 2.75) is 26.4 Å². The average molecular weight is 238 g/mol. The maximum Gasteiger partial charge on any atom is 0.475 e. The lowest BCUT2D eigenvalue weighted by Gasteiger charge is -2.18. The van der Waals surface area contributed by atoms with E-state index in [9.17, 15) is 9.36 Å². The van der Waals surface area contributed by atoms with Gasteiger partial charge in [0.05, 0.1) is 19.8 Å². The van der Waals surface area contributed by atoms with Crippen molar-refractivity contribution in [3.63, 3.8) is 0 Å². The fourth-order valence-electron chi connectivity index (χ4n) is 1.14. The highest BCUT2D eigenvalue weighted by Gasteiger charge is 2.37. The largest absolute Gasteiger partial charge is 0.475 e. The molecule has 1 saturated heterocycles. The second kappa shape index (κ2) is 5.61. The molecule has 1 aliphatic heterocycles. The normalized spacial score (nSPS) is 21.7. The van der Waals surface area contributed by atoms with E-state index in [-0.39, 0.29) is 19.8 Å². The second-order valence-corrected chi connectivity index (χ2v) is 4.45. The fourth-order valence-corrected chi connectivity index (χ4v) is 2.48. The van der Waals surface area contributed by atoms with Gasteiger partial charge in [0, 0.05) is 6.42 Å². The van der Waals surface area contributed by atoms with E-state index in [1.165, 1.54) is 0 Å². The first-order chi connectivity index (χ1) is 7.11. The van der Waals surface area contributed by atoms with Gasteiger partial charge in [0.25, 0.3) is 0 Å². The van der Waals surface area contributed by atoms with Gasteiger partial charge >= 0.3 is 13.8 Å². The lowest BCUT2D eigenvalue weighted by molar-refractivity contribution is -0.144. The summed E-state index contributed by atoms with van der Waals surface area (Å²) < 4.78 is 31.3. The van der Waals surface area contributed by atoms with Crippen molar-refractivity contribution in [3.8, 4) is 0 Å². The molecule has 0 aromatic carbocycles. The zero-order valence-corrected chi connectivity index (χ0v) is 9.70. The summed E-state index contributed by atoms with van der Waals surface area (Å²) in [6, 6.07) is 0. The molecule has 0 aromatic rings. The van der Waals surface area contributed by atoms with Crippen LogP contribution in [0.2, 0.25) is 0 Å². The first-order valence-electron chi connectivity index (χ1n) is 4.85. The molecule has 0 N–H and O–H groups in total. The highest BCUT2D eigenvalue weighted by Crippen LogP contribution is 2.51. The Labute approximate surface area is 88.5 Å². The molecular weight excluding hydrogens is 223 g/mol. The number of hydrogen-bond donors (Lipinski definition) is 0. The van der Waals surface area contributed by atoms with E-state index < -0.39 is 19.9 Å². The number of rotatable bonds is 6. The predicted octanol–water partition coefficient (Wildman–Crippen LogP) is 1.50. The van der Waals surface area contributed by atoms with Gasteiger partial charge in [-0.25, -0.2) is 9.36 Å². The van der Waals surface area contributed by atoms with Crippen LogP contribution in [0.15, 0.2) is 0 Å². The highest BCUT2D eigenvalue weighted by molar-refractivity contribution is 7.48. The minimum atomic E-state index is -3.61. The molecule has 0 aliphatic carbocycles. The van der Waals surface area contributed by atoms with Crippen LogP contribution < -0.4 is 0 Å². The quantitative estimate of drug-likeness (QED) is 0.515. The Bertz CT molecular complexity index is 256. The van der Waals surface area contributed by atoms with Crippen LogP contribution >= 0.6 is 7.82 Å². The van der Waals surface area contributed by atoms with Crippen molar-refractivity contribution >= 4 is 13.8 Å². The fraction of sp³-hybridized carbons (Fsp3) is 0.875. The van der Waals surface area contributed by atoms with Crippen LogP contribution in [0.1, 0.15) is 20.3 Å². The third-order valence-electron chi connectivity index (χ3n) is 1.72. The molecule has 7 heteroatoms. The molecule has 1 atom stereocenters. The number of esters is 1. The number of cyclic esters (lactones) is 1. The lowest BCUT2D eigenvalue weighted by Crippen LogP contribution is -2.18. The summed E-state index contributed by atoms with van der Waals surface area (Å²) in [6.45, 7) is 4.00. The Kier molecular flexibility index (Phi) is 4.73. The first-order valence-corrected chi connectivity index (χ1v) is 6.31. The van der Waals surface area contributed by atoms with Gasteiger partial charge in [-0.2, -0.15) is 0 Å². The molecule has 1 unspecified atom stereocenters. The zero-order chi connectivity index (χ0) is 11.3. The van der Waals surface area contributed by atoms with Crippen molar-refractivity contribution in [1.29, 1.82) is 0 Å². The number of carbonyl (C=O) groups is 1. The number of hydrogen-bond acceptors (Lipinski definition) is 6. The minimum absolute atomic E-state index is 0.193. The summed E-state index contributed by atoms with van der Waals surface area (Å²) in [5, 5.41) is 0. The Morgan fingerprint density at radius 3 is 2.40 bits per heavy atom. The number of phosphoric acid groups is 1. The maximum atomic E-state index is 11.8. The van der Waals surface area contributed by atoms with E-state index in [2.05, 4.69) is 4.74 Å². The summed E-state index contributed by atoms with van der Waals surface area (Å²) in [5.41, 5.74) is 0. The van der Waals surface area contributed by atoms with Crippen molar-refractivity contribution in [2.24, 2.45) is 0 Å². The Morgan fingerprint density at radius 1 is 1.40 bits per heavy atom. The van der Waals surface area contributed by atoms with Crippen LogP contribution in [-0.4, -0.2) is 31.9 Å². The van der Waals surface area contributed by atoms with E-state index in [1.807, 2.05) is 0 Å². The molecule has 0 saturated carbocycles. The third-order valence-corrected chi connectivity index (χ3v) is 3.38. The van der Waals surface area contributed by atoms with Crippen LogP contribution in [0.5, 0.6) is 0 Å². The van der Waals surface area contributed by atoms with Crippen LogP contribution in [0.25, 0.3) is 0 Å². The highest BCUT2D eigenvalue weighted by atomic mass is 31.2. The van der Waals surface area contributed by atoms with Crippen LogP contribution in [-0.2, 0) is 27.7 Å². The zero-order valence-electron chi connectivity index (χ0n) is 8.80. The van der Waals surface area contributed by atoms with Crippen molar-refractivity contribution in [1.82, 2.24) is 0 Å². The topological polar surface area (TPSA) is 71.1 Å². The van der Waals surface area contributed by atoms with Gasteiger partial charge < -0.3 is 4.74 Å². The van der Waals surface area contributed by atoms with E-state index in [4.69, 9.17) is 13.6 Å². The van der Waals surface area contributed by atoms with Crippen LogP contribution in [0.3, 0.4) is 0 Å². The molecule has 0 spiro atoms.